The summed E-state index contributed by atoms with van der Waals surface area (Å²) < 4.78 is 13.1. The van der Waals surface area contributed by atoms with Gasteiger partial charge >= 0.3 is 0 Å². The van der Waals surface area contributed by atoms with E-state index >= 15 is 0 Å². The molecular formula is C15H14FN3O2. The smallest absolute Gasteiger partial charge is 0.295 e. The molecule has 2 aromatic rings. The largest absolute Gasteiger partial charge is 0.384 e. The number of nitrogens with zero attached hydrogens (tertiary/aromatic N) is 1. The highest BCUT2D eigenvalue weighted by atomic mass is 19.1. The number of benzene rings is 2. The van der Waals surface area contributed by atoms with Gasteiger partial charge in [-0.3, -0.25) is 10.1 Å². The van der Waals surface area contributed by atoms with Crippen molar-refractivity contribution in [1.82, 2.24) is 0 Å². The van der Waals surface area contributed by atoms with Crippen molar-refractivity contribution in [2.45, 2.75) is 13.0 Å². The number of nitro groups is 1. The van der Waals surface area contributed by atoms with Crippen molar-refractivity contribution < 1.29 is 9.31 Å². The summed E-state index contributed by atoms with van der Waals surface area (Å²) in [6.45, 7) is 1.35. The van der Waals surface area contributed by atoms with Crippen molar-refractivity contribution in [2.24, 2.45) is 0 Å². The minimum Gasteiger partial charge on any atom is -0.384 e. The second-order valence-electron chi connectivity index (χ2n) is 4.90. The van der Waals surface area contributed by atoms with Gasteiger partial charge in [-0.2, -0.15) is 0 Å². The van der Waals surface area contributed by atoms with Crippen LogP contribution in [0.4, 0.5) is 21.5 Å². The number of nitro benzene ring substituents is 1. The zero-order valence-electron chi connectivity index (χ0n) is 11.2. The number of halogens is 1. The van der Waals surface area contributed by atoms with E-state index in [1.807, 2.05) is 12.1 Å². The molecule has 0 atom stereocenters. The molecule has 3 rings (SSSR count). The third kappa shape index (κ3) is 2.65. The average Bonchev–Trinajstić information content (AvgIpc) is 2.94. The van der Waals surface area contributed by atoms with Crippen LogP contribution < -0.4 is 10.6 Å². The van der Waals surface area contributed by atoms with Crippen LogP contribution in [0.1, 0.15) is 11.1 Å². The molecule has 108 valence electrons. The molecule has 0 amide bonds. The Hall–Kier alpha value is -2.63. The Kier molecular flexibility index (Phi) is 3.43. The van der Waals surface area contributed by atoms with Crippen LogP contribution in [0, 0.1) is 15.9 Å². The normalized spacial score (nSPS) is 12.6. The molecule has 0 saturated carbocycles. The summed E-state index contributed by atoms with van der Waals surface area (Å²) in [7, 11) is 0. The van der Waals surface area contributed by atoms with Crippen LogP contribution in [0.5, 0.6) is 0 Å². The number of nitrogens with one attached hydrogen (secondary N) is 2. The van der Waals surface area contributed by atoms with Gasteiger partial charge in [0.1, 0.15) is 11.5 Å². The number of rotatable bonds is 4. The summed E-state index contributed by atoms with van der Waals surface area (Å²) in [5.74, 6) is -0.616. The van der Waals surface area contributed by atoms with Crippen molar-refractivity contribution in [3.8, 4) is 0 Å². The van der Waals surface area contributed by atoms with Crippen LogP contribution in [0.3, 0.4) is 0 Å². The zero-order valence-corrected chi connectivity index (χ0v) is 11.2. The van der Waals surface area contributed by atoms with Crippen LogP contribution in [-0.4, -0.2) is 11.5 Å². The predicted octanol–water partition coefficient (Wildman–Crippen LogP) is 3.31. The fourth-order valence-corrected chi connectivity index (χ4v) is 2.55. The first-order chi connectivity index (χ1) is 10.1. The molecule has 2 aromatic carbocycles. The molecule has 0 aromatic heterocycles. The van der Waals surface area contributed by atoms with Crippen LogP contribution in [0.15, 0.2) is 36.4 Å². The van der Waals surface area contributed by atoms with E-state index in [2.05, 4.69) is 16.7 Å². The first-order valence-electron chi connectivity index (χ1n) is 6.67. The van der Waals surface area contributed by atoms with E-state index in [1.165, 1.54) is 17.7 Å². The van der Waals surface area contributed by atoms with E-state index in [0.717, 1.165) is 30.3 Å². The zero-order chi connectivity index (χ0) is 14.8. The van der Waals surface area contributed by atoms with Crippen LogP contribution >= 0.6 is 0 Å². The lowest BCUT2D eigenvalue weighted by Crippen LogP contribution is -2.05. The van der Waals surface area contributed by atoms with Gasteiger partial charge in [-0.25, -0.2) is 4.39 Å². The quantitative estimate of drug-likeness (QED) is 0.668. The lowest BCUT2D eigenvalue weighted by molar-refractivity contribution is -0.384. The maximum atomic E-state index is 13.1. The van der Waals surface area contributed by atoms with Crippen LogP contribution in [0.25, 0.3) is 0 Å². The number of anilines is 2. The van der Waals surface area contributed by atoms with Gasteiger partial charge in [0.2, 0.25) is 0 Å². The summed E-state index contributed by atoms with van der Waals surface area (Å²) in [5, 5.41) is 17.3. The molecule has 1 aliphatic rings. The molecule has 2 N–H and O–H groups in total. The Bertz CT molecular complexity index is 703. The first-order valence-corrected chi connectivity index (χ1v) is 6.67. The highest BCUT2D eigenvalue weighted by Gasteiger charge is 2.17. The van der Waals surface area contributed by atoms with Gasteiger partial charge in [0.05, 0.1) is 11.0 Å². The molecule has 0 fully saturated rings. The molecule has 5 nitrogen and oxygen atoms in total. The second-order valence-corrected chi connectivity index (χ2v) is 4.90. The van der Waals surface area contributed by atoms with E-state index < -0.39 is 10.7 Å². The lowest BCUT2D eigenvalue weighted by atomic mass is 10.1. The SMILES string of the molecule is O=[N+]([O-])c1cc(F)ccc1NCc1cccc2c1NCC2. The number of hydrogen-bond acceptors (Lipinski definition) is 4. The summed E-state index contributed by atoms with van der Waals surface area (Å²) in [4.78, 5) is 10.4. The molecule has 0 unspecified atom stereocenters. The van der Waals surface area contributed by atoms with E-state index in [9.17, 15) is 14.5 Å². The summed E-state index contributed by atoms with van der Waals surface area (Å²) >= 11 is 0. The molecule has 0 radical (unpaired) electrons. The van der Waals surface area contributed by atoms with Gasteiger partial charge in [0, 0.05) is 18.8 Å². The van der Waals surface area contributed by atoms with Gasteiger partial charge in [0.15, 0.2) is 0 Å². The lowest BCUT2D eigenvalue weighted by Gasteiger charge is -2.11. The predicted molar refractivity (Wildman–Crippen MR) is 79.0 cm³/mol. The maximum Gasteiger partial charge on any atom is 0.295 e. The van der Waals surface area contributed by atoms with E-state index in [-0.39, 0.29) is 5.69 Å². The molecule has 0 bridgehead atoms. The Labute approximate surface area is 120 Å². The average molecular weight is 287 g/mol. The Morgan fingerprint density at radius 2 is 2.19 bits per heavy atom. The molecule has 6 heteroatoms. The maximum absolute atomic E-state index is 13.1. The molecule has 21 heavy (non-hydrogen) atoms. The fourth-order valence-electron chi connectivity index (χ4n) is 2.55. The highest BCUT2D eigenvalue weighted by molar-refractivity contribution is 5.65. The van der Waals surface area contributed by atoms with E-state index in [0.29, 0.717) is 12.2 Å². The van der Waals surface area contributed by atoms with Gasteiger partial charge in [-0.1, -0.05) is 18.2 Å². The monoisotopic (exact) mass is 287 g/mol. The third-order valence-corrected chi connectivity index (χ3v) is 3.56. The van der Waals surface area contributed by atoms with Crippen molar-refractivity contribution in [1.29, 1.82) is 0 Å². The van der Waals surface area contributed by atoms with Gasteiger partial charge in [-0.05, 0) is 29.7 Å². The Morgan fingerprint density at radius 1 is 1.33 bits per heavy atom. The van der Waals surface area contributed by atoms with Gasteiger partial charge < -0.3 is 10.6 Å². The Balaban J connectivity index is 1.83. The molecule has 0 spiro atoms. The molecule has 1 aliphatic heterocycles. The summed E-state index contributed by atoms with van der Waals surface area (Å²) in [6, 6.07) is 9.55. The minimum absolute atomic E-state index is 0.254. The number of hydrogen-bond donors (Lipinski definition) is 2. The van der Waals surface area contributed by atoms with Crippen molar-refractivity contribution in [2.75, 3.05) is 17.2 Å². The second kappa shape index (κ2) is 5.40. The van der Waals surface area contributed by atoms with Gasteiger partial charge in [0.25, 0.3) is 5.69 Å². The summed E-state index contributed by atoms with van der Waals surface area (Å²) in [6.07, 6.45) is 0.986. The highest BCUT2D eigenvalue weighted by Crippen LogP contribution is 2.29. The molecule has 0 saturated heterocycles. The molecule has 1 heterocycles. The van der Waals surface area contributed by atoms with Crippen LogP contribution in [0.2, 0.25) is 0 Å². The Morgan fingerprint density at radius 3 is 3.00 bits per heavy atom. The van der Waals surface area contributed by atoms with Crippen molar-refractivity contribution >= 4 is 17.1 Å². The summed E-state index contributed by atoms with van der Waals surface area (Å²) in [5.41, 5.74) is 3.45. The molecule has 0 aliphatic carbocycles. The minimum atomic E-state index is -0.616. The van der Waals surface area contributed by atoms with E-state index in [1.54, 1.807) is 0 Å². The topological polar surface area (TPSA) is 67.2 Å². The van der Waals surface area contributed by atoms with Crippen molar-refractivity contribution in [3.63, 3.8) is 0 Å². The van der Waals surface area contributed by atoms with E-state index in [4.69, 9.17) is 0 Å². The first kappa shape index (κ1) is 13.4. The number of fused-ring (bicyclic) bond motifs is 1. The standard InChI is InChI=1S/C15H14FN3O2/c16-12-4-5-13(14(8-12)19(20)21)18-9-11-3-1-2-10-6-7-17-15(10)11/h1-5,8,17-18H,6-7,9H2. The third-order valence-electron chi connectivity index (χ3n) is 3.56. The fraction of sp³-hybridized carbons (Fsp3) is 0.200. The number of para-hydroxylation sites is 1. The van der Waals surface area contributed by atoms with Crippen molar-refractivity contribution in [3.05, 3.63) is 63.5 Å². The van der Waals surface area contributed by atoms with Crippen LogP contribution in [-0.2, 0) is 13.0 Å². The molecular weight excluding hydrogens is 273 g/mol. The van der Waals surface area contributed by atoms with Gasteiger partial charge in [-0.15, -0.1) is 0 Å².